The number of nitrogens with zero attached hydrogens (tertiary/aromatic N) is 4. The number of rotatable bonds is 7. The topological polar surface area (TPSA) is 143 Å². The molecule has 11 heteroatoms. The summed E-state index contributed by atoms with van der Waals surface area (Å²) in [5, 5.41) is 21.7. The molecule has 6 unspecified atom stereocenters. The Morgan fingerprint density at radius 2 is 1.97 bits per heavy atom. The second kappa shape index (κ2) is 9.83. The van der Waals surface area contributed by atoms with Gasteiger partial charge in [0.15, 0.2) is 0 Å². The van der Waals surface area contributed by atoms with Gasteiger partial charge in [-0.15, -0.1) is 0 Å². The normalized spacial score (nSPS) is 29.0. The van der Waals surface area contributed by atoms with Crippen LogP contribution < -0.4 is 5.32 Å². The first-order chi connectivity index (χ1) is 18.4. The number of fused-ring (bicyclic) bond motifs is 3. The van der Waals surface area contributed by atoms with Crippen molar-refractivity contribution in [3.05, 3.63) is 35.4 Å². The van der Waals surface area contributed by atoms with Crippen LogP contribution in [0.2, 0.25) is 0 Å². The molecule has 4 aliphatic rings. The van der Waals surface area contributed by atoms with Crippen molar-refractivity contribution in [2.45, 2.75) is 88.8 Å². The predicted molar refractivity (Wildman–Crippen MR) is 138 cm³/mol. The van der Waals surface area contributed by atoms with Crippen molar-refractivity contribution in [2.75, 3.05) is 13.1 Å². The van der Waals surface area contributed by atoms with Crippen molar-refractivity contribution in [1.82, 2.24) is 20.0 Å². The number of likely N-dealkylation sites (tertiary alicyclic amines) is 3. The van der Waals surface area contributed by atoms with Crippen LogP contribution in [-0.2, 0) is 14.3 Å². The number of aromatic carboxylic acids is 1. The Kier molecular flexibility index (Phi) is 6.79. The van der Waals surface area contributed by atoms with E-state index in [0.29, 0.717) is 25.3 Å². The second-order valence-corrected chi connectivity index (χ2v) is 12.1. The number of ether oxygens (including phenoxy) is 1. The van der Waals surface area contributed by atoms with Gasteiger partial charge in [0.05, 0.1) is 23.7 Å². The quantitative estimate of drug-likeness (QED) is 0.539. The van der Waals surface area contributed by atoms with Gasteiger partial charge in [0.1, 0.15) is 17.7 Å². The van der Waals surface area contributed by atoms with Gasteiger partial charge in [0.25, 0.3) is 0 Å². The van der Waals surface area contributed by atoms with Gasteiger partial charge in [0.2, 0.25) is 11.8 Å². The van der Waals surface area contributed by atoms with Crippen LogP contribution in [0.3, 0.4) is 0 Å². The number of hydrogen-bond acceptors (Lipinski definition) is 7. The van der Waals surface area contributed by atoms with Gasteiger partial charge in [-0.05, 0) is 70.6 Å². The highest BCUT2D eigenvalue weighted by Gasteiger charge is 2.56. The van der Waals surface area contributed by atoms with Crippen LogP contribution >= 0.6 is 0 Å². The number of carboxylic acids is 1. The number of carbonyl (C=O) groups is 4. The van der Waals surface area contributed by atoms with Gasteiger partial charge in [-0.25, -0.2) is 9.59 Å². The maximum absolute atomic E-state index is 13.7. The number of carboxylic acid groups (broad SMARTS) is 1. The van der Waals surface area contributed by atoms with Crippen LogP contribution in [0.5, 0.6) is 0 Å². The molecule has 2 N–H and O–H groups in total. The highest BCUT2D eigenvalue weighted by atomic mass is 16.6. The number of hydrogen-bond donors (Lipinski definition) is 2. The number of piperazine rings is 1. The van der Waals surface area contributed by atoms with Crippen LogP contribution in [0.4, 0.5) is 4.79 Å². The molecular formula is C28H35N5O6. The third kappa shape index (κ3) is 5.17. The fourth-order valence-corrected chi connectivity index (χ4v) is 6.43. The zero-order valence-corrected chi connectivity index (χ0v) is 22.7. The van der Waals surface area contributed by atoms with Gasteiger partial charge >= 0.3 is 12.1 Å². The minimum atomic E-state index is -1.02. The second-order valence-electron chi connectivity index (χ2n) is 12.1. The summed E-state index contributed by atoms with van der Waals surface area (Å²) >= 11 is 0. The van der Waals surface area contributed by atoms with E-state index in [-0.39, 0.29) is 42.0 Å². The molecule has 11 nitrogen and oxygen atoms in total. The lowest BCUT2D eigenvalue weighted by molar-refractivity contribution is -0.141. The summed E-state index contributed by atoms with van der Waals surface area (Å²) in [6.45, 7) is 7.77. The minimum Gasteiger partial charge on any atom is -0.478 e. The average Bonchev–Trinajstić information content (AvgIpc) is 3.18. The molecule has 1 aliphatic carbocycles. The third-order valence-electron chi connectivity index (χ3n) is 8.26. The molecule has 208 valence electrons. The van der Waals surface area contributed by atoms with Crippen LogP contribution in [0.1, 0.15) is 68.9 Å². The van der Waals surface area contributed by atoms with E-state index in [1.807, 2.05) is 17.9 Å². The summed E-state index contributed by atoms with van der Waals surface area (Å²) in [6.07, 6.45) is 1.38. The van der Waals surface area contributed by atoms with Gasteiger partial charge in [0, 0.05) is 25.2 Å². The van der Waals surface area contributed by atoms with Gasteiger partial charge in [-0.3, -0.25) is 14.5 Å². The standard InChI is InChI=1S/C28H35N5O6/c1-15(16-6-5-7-17(8-16)26(36)37)32-20-11-23(25(32)35)31(13-20)14-21(30-27(38)39-28(2,3)4)24(34)33-19(12-29)9-18-10-22(18)33/h5-8,15,18-23H,9-11,13-14H2,1-4H3,(H,30,38)(H,36,37)/t15?,18?,19?,20-,21?,22?,23?/m0/s1. The molecule has 3 aliphatic heterocycles. The number of amides is 3. The lowest BCUT2D eigenvalue weighted by Gasteiger charge is -2.39. The first kappa shape index (κ1) is 26.9. The smallest absolute Gasteiger partial charge is 0.408 e. The number of nitriles is 1. The highest BCUT2D eigenvalue weighted by Crippen LogP contribution is 2.48. The highest BCUT2D eigenvalue weighted by molar-refractivity contribution is 5.89. The summed E-state index contributed by atoms with van der Waals surface area (Å²) in [6, 6.07) is 6.53. The van der Waals surface area contributed by atoms with E-state index in [1.165, 1.54) is 6.07 Å². The van der Waals surface area contributed by atoms with Crippen LogP contribution in [-0.4, -0.2) is 92.6 Å². The lowest BCUT2D eigenvalue weighted by atomic mass is 10.0. The molecule has 1 aromatic rings. The Morgan fingerprint density at radius 3 is 2.62 bits per heavy atom. The SMILES string of the molecule is CC(c1cccc(C(=O)O)c1)N1C(=O)C2C[C@H]1CN2CC(NC(=O)OC(C)(C)C)C(=O)N1C(C#N)CC2CC21. The molecule has 3 saturated heterocycles. The number of alkyl carbamates (subject to hydrolysis) is 1. The first-order valence-electron chi connectivity index (χ1n) is 13.5. The average molecular weight is 538 g/mol. The molecule has 0 aromatic heterocycles. The van der Waals surface area contributed by atoms with E-state index in [1.54, 1.807) is 42.7 Å². The molecule has 1 saturated carbocycles. The summed E-state index contributed by atoms with van der Waals surface area (Å²) in [5.74, 6) is -1.09. The van der Waals surface area contributed by atoms with E-state index in [4.69, 9.17) is 4.74 Å². The van der Waals surface area contributed by atoms with Crippen molar-refractivity contribution >= 4 is 23.9 Å². The molecule has 4 fully saturated rings. The fourth-order valence-electron chi connectivity index (χ4n) is 6.43. The first-order valence-corrected chi connectivity index (χ1v) is 13.5. The van der Waals surface area contributed by atoms with E-state index in [0.717, 1.165) is 12.0 Å². The molecule has 0 radical (unpaired) electrons. The predicted octanol–water partition coefficient (Wildman–Crippen LogP) is 2.14. The fraction of sp³-hybridized carbons (Fsp3) is 0.607. The zero-order chi connectivity index (χ0) is 28.2. The molecule has 39 heavy (non-hydrogen) atoms. The summed E-state index contributed by atoms with van der Waals surface area (Å²) in [5.41, 5.74) is 0.166. The Bertz CT molecular complexity index is 1240. The van der Waals surface area contributed by atoms with E-state index < -0.39 is 35.8 Å². The number of benzene rings is 1. The molecular weight excluding hydrogens is 502 g/mol. The third-order valence-corrected chi connectivity index (χ3v) is 8.26. The van der Waals surface area contributed by atoms with Crippen molar-refractivity contribution < 1.29 is 29.0 Å². The molecule has 0 spiro atoms. The summed E-state index contributed by atoms with van der Waals surface area (Å²) in [7, 11) is 0. The molecule has 3 amide bonds. The minimum absolute atomic E-state index is 0.0275. The summed E-state index contributed by atoms with van der Waals surface area (Å²) < 4.78 is 5.42. The molecule has 5 rings (SSSR count). The Balaban J connectivity index is 1.31. The lowest BCUT2D eigenvalue weighted by Crippen LogP contribution is -2.59. The van der Waals surface area contributed by atoms with E-state index in [9.17, 15) is 29.5 Å². The maximum atomic E-state index is 13.7. The number of nitrogens with one attached hydrogen (secondary N) is 1. The van der Waals surface area contributed by atoms with Crippen molar-refractivity contribution in [3.8, 4) is 6.07 Å². The Labute approximate surface area is 227 Å². The van der Waals surface area contributed by atoms with Crippen LogP contribution in [0.25, 0.3) is 0 Å². The number of carbonyl (C=O) groups excluding carboxylic acids is 3. The van der Waals surface area contributed by atoms with Gasteiger partial charge in [-0.2, -0.15) is 5.26 Å². The molecule has 1 aromatic carbocycles. The van der Waals surface area contributed by atoms with Crippen LogP contribution in [0.15, 0.2) is 24.3 Å². The van der Waals surface area contributed by atoms with Crippen molar-refractivity contribution in [1.29, 1.82) is 5.26 Å². The molecule has 2 bridgehead atoms. The molecule has 7 atom stereocenters. The number of piperidine rings is 1. The van der Waals surface area contributed by atoms with Gasteiger partial charge < -0.3 is 25.0 Å². The monoisotopic (exact) mass is 537 g/mol. The van der Waals surface area contributed by atoms with E-state index in [2.05, 4.69) is 11.4 Å². The van der Waals surface area contributed by atoms with Crippen LogP contribution in [0, 0.1) is 17.2 Å². The molecule has 3 heterocycles. The zero-order valence-electron chi connectivity index (χ0n) is 22.7. The summed E-state index contributed by atoms with van der Waals surface area (Å²) in [4.78, 5) is 56.7. The largest absolute Gasteiger partial charge is 0.478 e. The van der Waals surface area contributed by atoms with E-state index >= 15 is 0 Å². The van der Waals surface area contributed by atoms with Crippen molar-refractivity contribution in [3.63, 3.8) is 0 Å². The van der Waals surface area contributed by atoms with Gasteiger partial charge in [-0.1, -0.05) is 12.1 Å². The van der Waals surface area contributed by atoms with Crippen molar-refractivity contribution in [2.24, 2.45) is 5.92 Å². The Morgan fingerprint density at radius 1 is 1.23 bits per heavy atom. The Hall–Kier alpha value is -3.65. The maximum Gasteiger partial charge on any atom is 0.408 e.